The van der Waals surface area contributed by atoms with Gasteiger partial charge in [-0.15, -0.1) is 0 Å². The molecule has 1 heterocycles. The molecular weight excluding hydrogens is 350 g/mol. The summed E-state index contributed by atoms with van der Waals surface area (Å²) >= 11 is 0. The minimum Gasteiger partial charge on any atom is -0.496 e. The zero-order valence-corrected chi connectivity index (χ0v) is 16.7. The highest BCUT2D eigenvalue weighted by atomic mass is 16.5. The van der Waals surface area contributed by atoms with Crippen LogP contribution in [0.3, 0.4) is 0 Å². The summed E-state index contributed by atoms with van der Waals surface area (Å²) < 4.78 is 17.3. The Morgan fingerprint density at radius 2 is 1.57 bits per heavy atom. The van der Waals surface area contributed by atoms with E-state index in [-0.39, 0.29) is 6.04 Å². The molecule has 0 unspecified atom stereocenters. The molecule has 146 valence electrons. The average molecular weight is 377 g/mol. The van der Waals surface area contributed by atoms with Gasteiger partial charge in [0, 0.05) is 11.9 Å². The van der Waals surface area contributed by atoms with E-state index in [0.717, 1.165) is 35.6 Å². The van der Waals surface area contributed by atoms with Crippen LogP contribution in [0, 0.1) is 0 Å². The van der Waals surface area contributed by atoms with Gasteiger partial charge >= 0.3 is 0 Å². The normalized spacial score (nSPS) is 15.9. The van der Waals surface area contributed by atoms with Gasteiger partial charge in [0.05, 0.1) is 26.4 Å². The van der Waals surface area contributed by atoms with Crippen molar-refractivity contribution in [2.45, 2.75) is 26.3 Å². The lowest BCUT2D eigenvalue weighted by Gasteiger charge is -2.30. The maximum atomic E-state index is 5.89. The first kappa shape index (κ1) is 18.6. The predicted octanol–water partition coefficient (Wildman–Crippen LogP) is 4.88. The molecule has 0 aromatic heterocycles. The monoisotopic (exact) mass is 377 g/mol. The lowest BCUT2D eigenvalue weighted by Crippen LogP contribution is -2.30. The van der Waals surface area contributed by atoms with Crippen LogP contribution in [0.25, 0.3) is 10.8 Å². The molecular formula is C24H27NO3. The molecule has 0 amide bonds. The molecule has 0 aliphatic carbocycles. The van der Waals surface area contributed by atoms with Gasteiger partial charge in [-0.3, -0.25) is 0 Å². The summed E-state index contributed by atoms with van der Waals surface area (Å²) in [6, 6.07) is 17.1. The molecule has 0 saturated carbocycles. The second-order valence-electron chi connectivity index (χ2n) is 6.90. The lowest BCUT2D eigenvalue weighted by molar-refractivity contribution is 0.286. The van der Waals surface area contributed by atoms with Gasteiger partial charge in [-0.2, -0.15) is 0 Å². The highest BCUT2D eigenvalue weighted by molar-refractivity contribution is 5.91. The highest BCUT2D eigenvalue weighted by Gasteiger charge is 2.26. The van der Waals surface area contributed by atoms with Gasteiger partial charge in [-0.05, 0) is 60.5 Å². The number of nitrogens with one attached hydrogen (secondary N) is 1. The number of hydrogen-bond acceptors (Lipinski definition) is 4. The molecule has 4 rings (SSSR count). The fourth-order valence-electron chi connectivity index (χ4n) is 4.10. The van der Waals surface area contributed by atoms with Crippen LogP contribution in [-0.4, -0.2) is 26.9 Å². The topological polar surface area (TPSA) is 39.7 Å². The van der Waals surface area contributed by atoms with Crippen molar-refractivity contribution in [2.75, 3.05) is 26.9 Å². The van der Waals surface area contributed by atoms with Crippen molar-refractivity contribution in [1.82, 2.24) is 5.32 Å². The van der Waals surface area contributed by atoms with Crippen molar-refractivity contribution in [3.8, 4) is 17.2 Å². The first-order chi connectivity index (χ1) is 13.8. The van der Waals surface area contributed by atoms with Crippen LogP contribution in [0.5, 0.6) is 17.2 Å². The molecule has 1 atom stereocenters. The summed E-state index contributed by atoms with van der Waals surface area (Å²) in [6.07, 6.45) is 0.979. The summed E-state index contributed by atoms with van der Waals surface area (Å²) in [4.78, 5) is 0. The second-order valence-corrected chi connectivity index (χ2v) is 6.90. The van der Waals surface area contributed by atoms with Gasteiger partial charge in [0.15, 0.2) is 11.5 Å². The number of methoxy groups -OCH3 is 1. The fraction of sp³-hybridized carbons (Fsp3) is 0.333. The average Bonchev–Trinajstić information content (AvgIpc) is 2.73. The zero-order valence-electron chi connectivity index (χ0n) is 16.7. The maximum Gasteiger partial charge on any atom is 0.161 e. The minimum atomic E-state index is 0.106. The SMILES string of the molecule is CCOc1cc2c(cc1OCC)[C@H](c1ccc(OC)c3ccccc13)NCC2. The highest BCUT2D eigenvalue weighted by Crippen LogP contribution is 2.40. The summed E-state index contributed by atoms with van der Waals surface area (Å²) in [6.45, 7) is 6.18. The van der Waals surface area contributed by atoms with Crippen LogP contribution in [0.15, 0.2) is 48.5 Å². The van der Waals surface area contributed by atoms with Crippen molar-refractivity contribution < 1.29 is 14.2 Å². The van der Waals surface area contributed by atoms with E-state index in [1.807, 2.05) is 13.8 Å². The Kier molecular flexibility index (Phi) is 5.40. The molecule has 0 fully saturated rings. The van der Waals surface area contributed by atoms with Crippen LogP contribution in [0.2, 0.25) is 0 Å². The summed E-state index contributed by atoms with van der Waals surface area (Å²) in [5.41, 5.74) is 3.83. The summed E-state index contributed by atoms with van der Waals surface area (Å²) in [7, 11) is 1.72. The van der Waals surface area contributed by atoms with Gasteiger partial charge < -0.3 is 19.5 Å². The van der Waals surface area contributed by atoms with Crippen molar-refractivity contribution in [3.05, 3.63) is 65.2 Å². The molecule has 1 aliphatic heterocycles. The van der Waals surface area contributed by atoms with Crippen molar-refractivity contribution >= 4 is 10.8 Å². The first-order valence-corrected chi connectivity index (χ1v) is 9.98. The largest absolute Gasteiger partial charge is 0.496 e. The Morgan fingerprint density at radius 1 is 0.857 bits per heavy atom. The lowest BCUT2D eigenvalue weighted by atomic mass is 9.87. The minimum absolute atomic E-state index is 0.106. The molecule has 0 saturated heterocycles. The Labute approximate surface area is 166 Å². The number of benzene rings is 3. The van der Waals surface area contributed by atoms with E-state index < -0.39 is 0 Å². The molecule has 3 aromatic carbocycles. The third-order valence-electron chi connectivity index (χ3n) is 5.31. The van der Waals surface area contributed by atoms with Gasteiger partial charge in [0.2, 0.25) is 0 Å². The van der Waals surface area contributed by atoms with Gasteiger partial charge in [0.1, 0.15) is 5.75 Å². The molecule has 4 heteroatoms. The van der Waals surface area contributed by atoms with E-state index in [2.05, 4.69) is 53.8 Å². The number of fused-ring (bicyclic) bond motifs is 2. The summed E-state index contributed by atoms with van der Waals surface area (Å²) in [5.74, 6) is 2.55. The maximum absolute atomic E-state index is 5.89. The van der Waals surface area contributed by atoms with E-state index in [1.54, 1.807) is 7.11 Å². The van der Waals surface area contributed by atoms with Gasteiger partial charge in [0.25, 0.3) is 0 Å². The smallest absolute Gasteiger partial charge is 0.161 e. The molecule has 1 N–H and O–H groups in total. The van der Waals surface area contributed by atoms with Gasteiger partial charge in [-0.1, -0.05) is 30.3 Å². The van der Waals surface area contributed by atoms with Crippen molar-refractivity contribution in [1.29, 1.82) is 0 Å². The molecule has 0 spiro atoms. The van der Waals surface area contributed by atoms with Crippen LogP contribution in [0.4, 0.5) is 0 Å². The second kappa shape index (κ2) is 8.11. The third kappa shape index (κ3) is 3.29. The van der Waals surface area contributed by atoms with Crippen molar-refractivity contribution in [3.63, 3.8) is 0 Å². The van der Waals surface area contributed by atoms with E-state index in [9.17, 15) is 0 Å². The van der Waals surface area contributed by atoms with E-state index in [1.165, 1.54) is 22.1 Å². The Hall–Kier alpha value is -2.72. The number of hydrogen-bond donors (Lipinski definition) is 1. The quantitative estimate of drug-likeness (QED) is 0.664. The molecule has 28 heavy (non-hydrogen) atoms. The van der Waals surface area contributed by atoms with Gasteiger partial charge in [-0.25, -0.2) is 0 Å². The summed E-state index contributed by atoms with van der Waals surface area (Å²) in [5, 5.41) is 6.04. The molecule has 4 nitrogen and oxygen atoms in total. The Morgan fingerprint density at radius 3 is 2.29 bits per heavy atom. The molecule has 0 radical (unpaired) electrons. The van der Waals surface area contributed by atoms with Crippen LogP contribution in [0.1, 0.15) is 36.6 Å². The fourth-order valence-corrected chi connectivity index (χ4v) is 4.10. The van der Waals surface area contributed by atoms with E-state index >= 15 is 0 Å². The number of rotatable bonds is 6. The molecule has 0 bridgehead atoms. The van der Waals surface area contributed by atoms with Crippen molar-refractivity contribution in [2.24, 2.45) is 0 Å². The van der Waals surface area contributed by atoms with Crippen LogP contribution < -0.4 is 19.5 Å². The Bertz CT molecular complexity index is 983. The van der Waals surface area contributed by atoms with E-state index in [4.69, 9.17) is 14.2 Å². The van der Waals surface area contributed by atoms with E-state index in [0.29, 0.717) is 13.2 Å². The standard InChI is InChI=1S/C24H27NO3/c1-4-27-22-14-16-12-13-25-24(20(16)15-23(22)28-5-2)19-10-11-21(26-3)18-9-7-6-8-17(18)19/h6-11,14-15,24-25H,4-5,12-13H2,1-3H3/t24-/m0/s1. The Balaban J connectivity index is 1.86. The van der Waals surface area contributed by atoms with Crippen LogP contribution in [-0.2, 0) is 6.42 Å². The predicted molar refractivity (Wildman–Crippen MR) is 113 cm³/mol. The third-order valence-corrected chi connectivity index (χ3v) is 5.31. The number of ether oxygens (including phenoxy) is 3. The molecule has 1 aliphatic rings. The first-order valence-electron chi connectivity index (χ1n) is 9.98. The van der Waals surface area contributed by atoms with Crippen LogP contribution >= 0.6 is 0 Å². The molecule has 3 aromatic rings. The zero-order chi connectivity index (χ0) is 19.5.